The van der Waals surface area contributed by atoms with Crippen LogP contribution >= 0.6 is 0 Å². The highest BCUT2D eigenvalue weighted by Gasteiger charge is 2.44. The van der Waals surface area contributed by atoms with Crippen molar-refractivity contribution in [3.63, 3.8) is 0 Å². The van der Waals surface area contributed by atoms with Crippen LogP contribution in [0.1, 0.15) is 245 Å². The molecule has 11 heteroatoms. The minimum absolute atomic E-state index is 0.259. The smallest absolute Gasteiger partial charge is 0.249 e. The second kappa shape index (κ2) is 42.2. The van der Waals surface area contributed by atoms with Crippen LogP contribution in [0, 0.1) is 0 Å². The molecule has 0 aliphatic carbocycles. The Balaban J connectivity index is 2.30. The van der Waals surface area contributed by atoms with E-state index in [9.17, 15) is 40.5 Å². The fourth-order valence-corrected chi connectivity index (χ4v) is 8.68. The van der Waals surface area contributed by atoms with Crippen molar-refractivity contribution in [3.8, 4) is 0 Å². The first-order valence-electron chi connectivity index (χ1n) is 26.6. The van der Waals surface area contributed by atoms with E-state index in [1.807, 2.05) is 0 Å². The third-order valence-electron chi connectivity index (χ3n) is 13.1. The molecule has 1 saturated heterocycles. The first-order chi connectivity index (χ1) is 30.7. The third kappa shape index (κ3) is 31.5. The molecule has 0 radical (unpaired) electrons. The minimum Gasteiger partial charge on any atom is -0.394 e. The third-order valence-corrected chi connectivity index (χ3v) is 13.1. The molecule has 0 spiro atoms. The van der Waals surface area contributed by atoms with Gasteiger partial charge in [-0.25, -0.2) is 0 Å². The number of carbonyl (C=O) groups excluding carboxylic acids is 1. The number of unbranched alkanes of at least 4 members (excludes halogenated alkanes) is 31. The van der Waals surface area contributed by atoms with Crippen LogP contribution in [-0.4, -0.2) is 110 Å². The number of hydrogen-bond acceptors (Lipinski definition) is 10. The molecule has 374 valence electrons. The highest BCUT2D eigenvalue weighted by molar-refractivity contribution is 5.80. The van der Waals surface area contributed by atoms with Gasteiger partial charge in [0, 0.05) is 0 Å². The summed E-state index contributed by atoms with van der Waals surface area (Å²) in [5, 5.41) is 75.8. The Hall–Kier alpha value is -1.15. The van der Waals surface area contributed by atoms with Crippen molar-refractivity contribution in [2.75, 3.05) is 13.2 Å². The summed E-state index contributed by atoms with van der Waals surface area (Å²) in [6.07, 6.45) is 35.6. The normalized spacial score (nSPS) is 21.2. The Morgan fingerprint density at radius 3 is 1.37 bits per heavy atom. The number of amides is 1. The van der Waals surface area contributed by atoms with Crippen LogP contribution < -0.4 is 5.32 Å². The van der Waals surface area contributed by atoms with Crippen molar-refractivity contribution in [2.45, 2.75) is 300 Å². The summed E-state index contributed by atoms with van der Waals surface area (Å²) in [4.78, 5) is 13.1. The second-order valence-corrected chi connectivity index (χ2v) is 19.0. The Morgan fingerprint density at radius 2 is 0.937 bits per heavy atom. The number of aliphatic hydroxyl groups excluding tert-OH is 7. The van der Waals surface area contributed by atoms with E-state index in [0.29, 0.717) is 12.8 Å². The van der Waals surface area contributed by atoms with Gasteiger partial charge in [-0.3, -0.25) is 4.79 Å². The van der Waals surface area contributed by atoms with E-state index < -0.39 is 74.2 Å². The lowest BCUT2D eigenvalue weighted by Crippen LogP contribution is -2.60. The molecule has 0 aromatic rings. The van der Waals surface area contributed by atoms with Crippen molar-refractivity contribution < 1.29 is 50.0 Å². The van der Waals surface area contributed by atoms with E-state index >= 15 is 0 Å². The molecule has 0 saturated carbocycles. The maximum Gasteiger partial charge on any atom is 0.249 e. The van der Waals surface area contributed by atoms with E-state index in [2.05, 4.69) is 31.3 Å². The molecule has 1 unspecified atom stereocenters. The van der Waals surface area contributed by atoms with E-state index in [0.717, 1.165) is 38.5 Å². The van der Waals surface area contributed by atoms with Crippen molar-refractivity contribution >= 4 is 5.91 Å². The first kappa shape index (κ1) is 59.9. The molecular formula is C52H101NO10. The van der Waals surface area contributed by atoms with Gasteiger partial charge in [-0.05, 0) is 38.5 Å². The number of carbonyl (C=O) groups is 1. The lowest BCUT2D eigenvalue weighted by molar-refractivity contribution is -0.303. The Kier molecular flexibility index (Phi) is 40.1. The molecule has 1 aliphatic rings. The monoisotopic (exact) mass is 900 g/mol. The molecular weight excluding hydrogens is 799 g/mol. The number of ether oxygens (including phenoxy) is 2. The molecule has 0 aromatic carbocycles. The zero-order valence-corrected chi connectivity index (χ0v) is 40.6. The molecule has 1 aliphatic heterocycles. The van der Waals surface area contributed by atoms with Crippen LogP contribution in [0.2, 0.25) is 0 Å². The van der Waals surface area contributed by atoms with Gasteiger partial charge in [0.15, 0.2) is 6.29 Å². The van der Waals surface area contributed by atoms with Crippen molar-refractivity contribution in [3.05, 3.63) is 12.2 Å². The molecule has 1 fully saturated rings. The molecule has 0 aromatic heterocycles. The van der Waals surface area contributed by atoms with Gasteiger partial charge < -0.3 is 50.5 Å². The summed E-state index contributed by atoms with van der Waals surface area (Å²) < 4.78 is 11.1. The average molecular weight is 900 g/mol. The number of rotatable bonds is 45. The Labute approximate surface area is 385 Å². The predicted octanol–water partition coefficient (Wildman–Crippen LogP) is 10.0. The predicted molar refractivity (Wildman–Crippen MR) is 256 cm³/mol. The largest absolute Gasteiger partial charge is 0.394 e. The van der Waals surface area contributed by atoms with Gasteiger partial charge in [-0.2, -0.15) is 0 Å². The lowest BCUT2D eigenvalue weighted by Gasteiger charge is -2.40. The van der Waals surface area contributed by atoms with Gasteiger partial charge >= 0.3 is 0 Å². The zero-order valence-electron chi connectivity index (χ0n) is 40.6. The SMILES string of the molecule is CCCCCCCCC/C=C/CCC[C@@H](O)[C@@H](O)[C@H](CO[C@@H]1O[C@H](CO)[C@@H](O)[C@H](O)[C@H]1O)NC(=O)C(O)CCCCCCCCCCCCCCCCCCCCCCCCCC. The fourth-order valence-electron chi connectivity index (χ4n) is 8.68. The fraction of sp³-hybridized carbons (Fsp3) is 0.942. The van der Waals surface area contributed by atoms with Gasteiger partial charge in [0.25, 0.3) is 0 Å². The van der Waals surface area contributed by atoms with E-state index in [1.165, 1.54) is 167 Å². The maximum atomic E-state index is 13.1. The molecule has 0 bridgehead atoms. The number of nitrogens with one attached hydrogen (secondary N) is 1. The van der Waals surface area contributed by atoms with Crippen LogP contribution in [0.25, 0.3) is 0 Å². The molecule has 1 amide bonds. The lowest BCUT2D eigenvalue weighted by atomic mass is 9.98. The van der Waals surface area contributed by atoms with Crippen LogP contribution in [0.3, 0.4) is 0 Å². The van der Waals surface area contributed by atoms with E-state index in [1.54, 1.807) is 0 Å². The topological polar surface area (TPSA) is 189 Å². The maximum absolute atomic E-state index is 13.1. The summed E-state index contributed by atoms with van der Waals surface area (Å²) in [5.41, 5.74) is 0. The van der Waals surface area contributed by atoms with Crippen LogP contribution in [-0.2, 0) is 14.3 Å². The standard InChI is InChI=1S/C52H101NO10/c1-3-5-7-9-11-13-15-17-18-19-20-21-22-23-24-25-26-27-28-30-32-34-36-38-40-45(56)51(61)53-43(42-62-52-50(60)49(59)48(58)46(41-54)63-52)47(57)44(55)39-37-35-33-31-29-16-14-12-10-8-6-4-2/h31,33,43-50,52,54-60H,3-30,32,34-42H2,1-2H3,(H,53,61)/b33-31+/t43-,44+,45?,46+,47-,48+,49-,50+,52+/m0/s1. The average Bonchev–Trinajstić information content (AvgIpc) is 3.28. The van der Waals surface area contributed by atoms with Gasteiger partial charge in [-0.15, -0.1) is 0 Å². The Bertz CT molecular complexity index is 1030. The first-order valence-corrected chi connectivity index (χ1v) is 26.6. The van der Waals surface area contributed by atoms with Gasteiger partial charge in [0.2, 0.25) is 5.91 Å². The van der Waals surface area contributed by atoms with Crippen LogP contribution in [0.5, 0.6) is 0 Å². The van der Waals surface area contributed by atoms with Crippen LogP contribution in [0.4, 0.5) is 0 Å². The second-order valence-electron chi connectivity index (χ2n) is 19.0. The van der Waals surface area contributed by atoms with E-state index in [4.69, 9.17) is 9.47 Å². The van der Waals surface area contributed by atoms with E-state index in [-0.39, 0.29) is 12.8 Å². The quantitative estimate of drug-likeness (QED) is 0.0216. The molecule has 1 heterocycles. The van der Waals surface area contributed by atoms with Crippen molar-refractivity contribution in [1.29, 1.82) is 0 Å². The Morgan fingerprint density at radius 1 is 0.540 bits per heavy atom. The van der Waals surface area contributed by atoms with Crippen molar-refractivity contribution in [2.24, 2.45) is 0 Å². The summed E-state index contributed by atoms with van der Waals surface area (Å²) in [7, 11) is 0. The molecule has 63 heavy (non-hydrogen) atoms. The molecule has 9 atom stereocenters. The van der Waals surface area contributed by atoms with Crippen LogP contribution in [0.15, 0.2) is 12.2 Å². The molecule has 8 N–H and O–H groups in total. The summed E-state index contributed by atoms with van der Waals surface area (Å²) >= 11 is 0. The summed E-state index contributed by atoms with van der Waals surface area (Å²) in [6.45, 7) is 3.44. The molecule has 1 rings (SSSR count). The van der Waals surface area contributed by atoms with Crippen molar-refractivity contribution in [1.82, 2.24) is 5.32 Å². The number of hydrogen-bond donors (Lipinski definition) is 8. The number of aliphatic hydroxyl groups is 7. The van der Waals surface area contributed by atoms with Gasteiger partial charge in [0.05, 0.1) is 25.4 Å². The van der Waals surface area contributed by atoms with Gasteiger partial charge in [0.1, 0.15) is 36.6 Å². The zero-order chi connectivity index (χ0) is 46.2. The summed E-state index contributed by atoms with van der Waals surface area (Å²) in [5.74, 6) is -0.703. The van der Waals surface area contributed by atoms with Gasteiger partial charge in [-0.1, -0.05) is 219 Å². The minimum atomic E-state index is -1.66. The highest BCUT2D eigenvalue weighted by atomic mass is 16.7. The summed E-state index contributed by atoms with van der Waals surface area (Å²) in [6, 6.07) is -1.18. The number of allylic oxidation sites excluding steroid dienone is 2. The highest BCUT2D eigenvalue weighted by Crippen LogP contribution is 2.23. The molecule has 11 nitrogen and oxygen atoms in total.